The van der Waals surface area contributed by atoms with Gasteiger partial charge in [0.25, 0.3) is 5.91 Å². The van der Waals surface area contributed by atoms with E-state index in [4.69, 9.17) is 0 Å². The van der Waals surface area contributed by atoms with Crippen LogP contribution >= 0.6 is 0 Å². The number of halogens is 1. The molecule has 0 bridgehead atoms. The number of nitrogens with zero attached hydrogens (tertiary/aromatic N) is 2. The van der Waals surface area contributed by atoms with Crippen LogP contribution in [0.4, 0.5) is 4.39 Å². The minimum Gasteiger partial charge on any atom is -0.350 e. The lowest BCUT2D eigenvalue weighted by atomic mass is 9.94. The number of hydrogen-bond acceptors (Lipinski definition) is 3. The van der Waals surface area contributed by atoms with E-state index in [9.17, 15) is 9.18 Å². The van der Waals surface area contributed by atoms with Gasteiger partial charge in [0.1, 0.15) is 5.82 Å². The van der Waals surface area contributed by atoms with E-state index < -0.39 is 5.82 Å². The van der Waals surface area contributed by atoms with Gasteiger partial charge >= 0.3 is 0 Å². The third-order valence-corrected chi connectivity index (χ3v) is 4.08. The van der Waals surface area contributed by atoms with Gasteiger partial charge in [-0.1, -0.05) is 24.3 Å². The lowest BCUT2D eigenvalue weighted by Gasteiger charge is -2.34. The normalized spacial score (nSPS) is 17.8. The molecule has 2 heterocycles. The van der Waals surface area contributed by atoms with Crippen molar-refractivity contribution in [2.45, 2.75) is 19.0 Å². The topological polar surface area (TPSA) is 45.2 Å². The average molecular weight is 299 g/mol. The van der Waals surface area contributed by atoms with E-state index in [0.717, 1.165) is 19.2 Å². The minimum atomic E-state index is -0.503. The van der Waals surface area contributed by atoms with Crippen molar-refractivity contribution < 1.29 is 9.18 Å². The van der Waals surface area contributed by atoms with Gasteiger partial charge in [-0.15, -0.1) is 0 Å². The molecule has 3 rings (SSSR count). The molecule has 0 spiro atoms. The summed E-state index contributed by atoms with van der Waals surface area (Å²) in [6.45, 7) is 1.40. The number of nitrogens with one attached hydrogen (secondary N) is 1. The maximum Gasteiger partial charge on any atom is 0.253 e. The van der Waals surface area contributed by atoms with Crippen LogP contribution in [-0.2, 0) is 13.0 Å². The number of fused-ring (bicyclic) bond motifs is 1. The molecular formula is C17H18FN3O. The number of hydrogen-bond donors (Lipinski definition) is 1. The molecule has 1 aliphatic heterocycles. The molecule has 0 saturated carbocycles. The number of amides is 1. The molecular weight excluding hydrogens is 281 g/mol. The Morgan fingerprint density at radius 1 is 1.36 bits per heavy atom. The number of likely N-dealkylation sites (N-methyl/N-ethyl adjacent to an activating group) is 1. The van der Waals surface area contributed by atoms with Gasteiger partial charge in [-0.3, -0.25) is 14.7 Å². The highest BCUT2D eigenvalue weighted by Gasteiger charge is 2.23. The van der Waals surface area contributed by atoms with Crippen molar-refractivity contribution in [1.82, 2.24) is 15.2 Å². The summed E-state index contributed by atoms with van der Waals surface area (Å²) in [7, 11) is 2.05. The summed E-state index contributed by atoms with van der Waals surface area (Å²) >= 11 is 0. The third kappa shape index (κ3) is 3.14. The number of rotatable bonds is 3. The van der Waals surface area contributed by atoms with Crippen LogP contribution in [0.1, 0.15) is 21.5 Å². The van der Waals surface area contributed by atoms with Crippen molar-refractivity contribution in [3.8, 4) is 0 Å². The fourth-order valence-electron chi connectivity index (χ4n) is 2.79. The van der Waals surface area contributed by atoms with Gasteiger partial charge in [-0.25, -0.2) is 4.39 Å². The summed E-state index contributed by atoms with van der Waals surface area (Å²) in [5.74, 6) is -0.796. The van der Waals surface area contributed by atoms with E-state index in [-0.39, 0.29) is 17.5 Å². The number of benzene rings is 1. The van der Waals surface area contributed by atoms with Crippen LogP contribution in [0.25, 0.3) is 0 Å². The Kier molecular flexibility index (Phi) is 4.15. The van der Waals surface area contributed by atoms with Crippen molar-refractivity contribution in [3.63, 3.8) is 0 Å². The number of pyridine rings is 1. The molecule has 1 aromatic carbocycles. The fourth-order valence-corrected chi connectivity index (χ4v) is 2.79. The van der Waals surface area contributed by atoms with Crippen LogP contribution in [0.3, 0.4) is 0 Å². The Morgan fingerprint density at radius 2 is 2.14 bits per heavy atom. The first-order valence-corrected chi connectivity index (χ1v) is 7.29. The van der Waals surface area contributed by atoms with Crippen LogP contribution in [0.2, 0.25) is 0 Å². The first kappa shape index (κ1) is 14.7. The lowest BCUT2D eigenvalue weighted by Crippen LogP contribution is -2.45. The zero-order valence-electron chi connectivity index (χ0n) is 12.4. The highest BCUT2D eigenvalue weighted by molar-refractivity contribution is 5.93. The summed E-state index contributed by atoms with van der Waals surface area (Å²) < 4.78 is 13.1. The van der Waals surface area contributed by atoms with Gasteiger partial charge in [0.2, 0.25) is 0 Å². The standard InChI is InChI=1S/C17H18FN3O/c1-21-11-13-5-3-2-4-12(13)7-16(21)10-20-17(22)14-6-15(18)9-19-8-14/h2-6,8-9,16H,7,10-11H2,1H3,(H,20,22). The smallest absolute Gasteiger partial charge is 0.253 e. The Bertz CT molecular complexity index is 689. The van der Waals surface area contributed by atoms with E-state index >= 15 is 0 Å². The highest BCUT2D eigenvalue weighted by Crippen LogP contribution is 2.21. The van der Waals surface area contributed by atoms with Crippen LogP contribution in [0.5, 0.6) is 0 Å². The van der Waals surface area contributed by atoms with Crippen molar-refractivity contribution >= 4 is 5.91 Å². The predicted molar refractivity (Wildman–Crippen MR) is 81.9 cm³/mol. The Morgan fingerprint density at radius 3 is 2.91 bits per heavy atom. The van der Waals surface area contributed by atoms with Crippen LogP contribution in [-0.4, -0.2) is 35.4 Å². The third-order valence-electron chi connectivity index (χ3n) is 4.08. The molecule has 1 unspecified atom stereocenters. The molecule has 1 aromatic heterocycles. The maximum absolute atomic E-state index is 13.1. The fraction of sp³-hybridized carbons (Fsp3) is 0.294. The number of carbonyl (C=O) groups excluding carboxylic acids is 1. The quantitative estimate of drug-likeness (QED) is 0.943. The van der Waals surface area contributed by atoms with Gasteiger partial charge < -0.3 is 5.32 Å². The predicted octanol–water partition coefficient (Wildman–Crippen LogP) is 2.01. The molecule has 2 aromatic rings. The van der Waals surface area contributed by atoms with Crippen LogP contribution in [0, 0.1) is 5.82 Å². The van der Waals surface area contributed by atoms with Crippen molar-refractivity contribution in [3.05, 3.63) is 65.2 Å². The SMILES string of the molecule is CN1Cc2ccccc2CC1CNC(=O)c1cncc(F)c1. The summed E-state index contributed by atoms with van der Waals surface area (Å²) in [6, 6.07) is 9.79. The molecule has 0 radical (unpaired) electrons. The molecule has 22 heavy (non-hydrogen) atoms. The Balaban J connectivity index is 1.63. The molecule has 0 fully saturated rings. The van der Waals surface area contributed by atoms with E-state index in [0.29, 0.717) is 6.54 Å². The zero-order valence-corrected chi connectivity index (χ0v) is 12.4. The van der Waals surface area contributed by atoms with E-state index in [1.54, 1.807) is 0 Å². The molecule has 5 heteroatoms. The van der Waals surface area contributed by atoms with Crippen molar-refractivity contribution in [1.29, 1.82) is 0 Å². The second-order valence-corrected chi connectivity index (χ2v) is 5.64. The first-order chi connectivity index (χ1) is 10.6. The van der Waals surface area contributed by atoms with Gasteiger partial charge in [0.15, 0.2) is 0 Å². The van der Waals surface area contributed by atoms with E-state index in [1.807, 2.05) is 12.1 Å². The molecule has 1 atom stereocenters. The molecule has 1 amide bonds. The maximum atomic E-state index is 13.1. The molecule has 0 aliphatic carbocycles. The monoisotopic (exact) mass is 299 g/mol. The van der Waals surface area contributed by atoms with Crippen molar-refractivity contribution in [2.75, 3.05) is 13.6 Å². The molecule has 1 aliphatic rings. The molecule has 114 valence electrons. The van der Waals surface area contributed by atoms with Gasteiger partial charge in [-0.2, -0.15) is 0 Å². The summed E-state index contributed by atoms with van der Waals surface area (Å²) in [5.41, 5.74) is 2.91. The lowest BCUT2D eigenvalue weighted by molar-refractivity contribution is 0.0933. The first-order valence-electron chi connectivity index (χ1n) is 7.29. The molecule has 0 saturated heterocycles. The summed E-state index contributed by atoms with van der Waals surface area (Å²) in [6.07, 6.45) is 3.36. The number of carbonyl (C=O) groups is 1. The average Bonchev–Trinajstić information content (AvgIpc) is 2.52. The number of aromatic nitrogens is 1. The summed E-state index contributed by atoms with van der Waals surface area (Å²) in [5, 5.41) is 2.87. The van der Waals surface area contributed by atoms with Crippen LogP contribution in [0.15, 0.2) is 42.7 Å². The Labute approximate surface area is 129 Å². The zero-order chi connectivity index (χ0) is 15.5. The van der Waals surface area contributed by atoms with Crippen molar-refractivity contribution in [2.24, 2.45) is 0 Å². The van der Waals surface area contributed by atoms with E-state index in [1.165, 1.54) is 23.4 Å². The van der Waals surface area contributed by atoms with Crippen LogP contribution < -0.4 is 5.32 Å². The van der Waals surface area contributed by atoms with Gasteiger partial charge in [0, 0.05) is 25.3 Å². The Hall–Kier alpha value is -2.27. The molecule has 1 N–H and O–H groups in total. The second-order valence-electron chi connectivity index (χ2n) is 5.64. The minimum absolute atomic E-state index is 0.236. The summed E-state index contributed by atoms with van der Waals surface area (Å²) in [4.78, 5) is 18.0. The van der Waals surface area contributed by atoms with E-state index in [2.05, 4.69) is 34.4 Å². The highest BCUT2D eigenvalue weighted by atomic mass is 19.1. The largest absolute Gasteiger partial charge is 0.350 e. The second kappa shape index (κ2) is 6.23. The molecule has 4 nitrogen and oxygen atoms in total. The van der Waals surface area contributed by atoms with Gasteiger partial charge in [-0.05, 0) is 30.7 Å². The van der Waals surface area contributed by atoms with Gasteiger partial charge in [0.05, 0.1) is 11.8 Å².